The standard InChI is InChI=1S/C21H36O2Si/c1-9-10-18-14-17(11-12-20(18)22)19(13-16(2)3)15-23-24(7,8)21(4,5)6/h9,11-12,14,16,19,22H,1,10,13,15H2,2-8H3/t19-/m0/s1. The van der Waals surface area contributed by atoms with Crippen molar-refractivity contribution in [2.45, 2.75) is 71.5 Å². The first-order valence-corrected chi connectivity index (χ1v) is 12.0. The number of hydrogen-bond donors (Lipinski definition) is 1. The second-order valence-corrected chi connectivity index (χ2v) is 13.6. The largest absolute Gasteiger partial charge is 0.508 e. The van der Waals surface area contributed by atoms with Crippen molar-refractivity contribution in [3.63, 3.8) is 0 Å². The molecule has 0 saturated heterocycles. The molecule has 1 aromatic carbocycles. The van der Waals surface area contributed by atoms with Gasteiger partial charge >= 0.3 is 0 Å². The Bertz CT molecular complexity index is 541. The van der Waals surface area contributed by atoms with Crippen molar-refractivity contribution in [2.75, 3.05) is 6.61 Å². The number of phenols is 1. The number of aromatic hydroxyl groups is 1. The van der Waals surface area contributed by atoms with Gasteiger partial charge in [-0.05, 0) is 54.1 Å². The summed E-state index contributed by atoms with van der Waals surface area (Å²) in [7, 11) is -1.76. The van der Waals surface area contributed by atoms with Gasteiger partial charge in [0, 0.05) is 12.5 Å². The van der Waals surface area contributed by atoms with Crippen LogP contribution in [0, 0.1) is 5.92 Å². The zero-order valence-electron chi connectivity index (χ0n) is 16.6. The zero-order chi connectivity index (χ0) is 18.5. The Hall–Kier alpha value is -1.06. The average Bonchev–Trinajstić information content (AvgIpc) is 2.44. The summed E-state index contributed by atoms with van der Waals surface area (Å²) in [5, 5.41) is 10.2. The summed E-state index contributed by atoms with van der Waals surface area (Å²) in [4.78, 5) is 0. The van der Waals surface area contributed by atoms with Crippen molar-refractivity contribution in [3.8, 4) is 5.75 Å². The highest BCUT2D eigenvalue weighted by atomic mass is 28.4. The molecule has 3 heteroatoms. The van der Waals surface area contributed by atoms with Gasteiger partial charge in [-0.2, -0.15) is 0 Å². The number of hydrogen-bond acceptors (Lipinski definition) is 2. The van der Waals surface area contributed by atoms with Crippen molar-refractivity contribution < 1.29 is 9.53 Å². The average molecular weight is 349 g/mol. The van der Waals surface area contributed by atoms with Gasteiger partial charge in [-0.25, -0.2) is 0 Å². The van der Waals surface area contributed by atoms with Gasteiger partial charge in [0.1, 0.15) is 5.75 Å². The van der Waals surface area contributed by atoms with E-state index in [1.807, 2.05) is 18.2 Å². The molecule has 0 unspecified atom stereocenters. The Morgan fingerprint density at radius 3 is 2.38 bits per heavy atom. The second-order valence-electron chi connectivity index (χ2n) is 8.78. The van der Waals surface area contributed by atoms with E-state index >= 15 is 0 Å². The Morgan fingerprint density at radius 1 is 1.25 bits per heavy atom. The molecule has 1 aromatic rings. The van der Waals surface area contributed by atoms with Gasteiger partial charge in [0.05, 0.1) is 0 Å². The van der Waals surface area contributed by atoms with E-state index in [1.54, 1.807) is 0 Å². The van der Waals surface area contributed by atoms with Crippen molar-refractivity contribution in [1.82, 2.24) is 0 Å². The number of benzene rings is 1. The van der Waals surface area contributed by atoms with Crippen LogP contribution in [0.4, 0.5) is 0 Å². The molecule has 0 bridgehead atoms. The lowest BCUT2D eigenvalue weighted by Crippen LogP contribution is -2.41. The molecule has 0 radical (unpaired) electrons. The molecular weight excluding hydrogens is 312 g/mol. The maximum Gasteiger partial charge on any atom is 0.192 e. The van der Waals surface area contributed by atoms with E-state index in [0.29, 0.717) is 24.0 Å². The molecule has 0 aliphatic rings. The topological polar surface area (TPSA) is 29.5 Å². The molecule has 0 fully saturated rings. The van der Waals surface area contributed by atoms with Crippen LogP contribution in [0.1, 0.15) is 58.1 Å². The molecular formula is C21H36O2Si. The Kier molecular flexibility index (Phi) is 7.30. The van der Waals surface area contributed by atoms with Crippen LogP contribution in [0.15, 0.2) is 30.9 Å². The third kappa shape index (κ3) is 5.78. The van der Waals surface area contributed by atoms with Crippen molar-refractivity contribution in [1.29, 1.82) is 0 Å². The molecule has 136 valence electrons. The van der Waals surface area contributed by atoms with Gasteiger partial charge in [0.15, 0.2) is 8.32 Å². The number of allylic oxidation sites excluding steroid dienone is 1. The van der Waals surface area contributed by atoms with Gasteiger partial charge in [-0.15, -0.1) is 6.58 Å². The fourth-order valence-corrected chi connectivity index (χ4v) is 3.62. The first-order chi connectivity index (χ1) is 11.0. The summed E-state index contributed by atoms with van der Waals surface area (Å²) in [6.45, 7) is 20.5. The molecule has 0 saturated carbocycles. The summed E-state index contributed by atoms with van der Waals surface area (Å²) < 4.78 is 6.50. The lowest BCUT2D eigenvalue weighted by molar-refractivity contribution is 0.247. The number of rotatable bonds is 8. The third-order valence-electron chi connectivity index (χ3n) is 5.15. The third-order valence-corrected chi connectivity index (χ3v) is 9.65. The molecule has 2 nitrogen and oxygen atoms in total. The lowest BCUT2D eigenvalue weighted by atomic mass is 9.89. The predicted molar refractivity (Wildman–Crippen MR) is 107 cm³/mol. The summed E-state index contributed by atoms with van der Waals surface area (Å²) in [6, 6.07) is 5.98. The molecule has 0 aromatic heterocycles. The maximum atomic E-state index is 10.0. The zero-order valence-corrected chi connectivity index (χ0v) is 17.6. The monoisotopic (exact) mass is 348 g/mol. The second kappa shape index (κ2) is 8.35. The SMILES string of the molecule is C=CCc1cc([C@H](CO[Si](C)(C)C(C)(C)C)CC(C)C)ccc1O. The first kappa shape index (κ1) is 21.0. The molecule has 0 aliphatic carbocycles. The van der Waals surface area contributed by atoms with Gasteiger partial charge in [0.2, 0.25) is 0 Å². The van der Waals surface area contributed by atoms with Crippen molar-refractivity contribution >= 4 is 8.32 Å². The molecule has 1 N–H and O–H groups in total. The maximum absolute atomic E-state index is 10.0. The minimum Gasteiger partial charge on any atom is -0.508 e. The van der Waals surface area contributed by atoms with Crippen LogP contribution in [-0.4, -0.2) is 20.0 Å². The van der Waals surface area contributed by atoms with Crippen molar-refractivity contribution in [3.05, 3.63) is 42.0 Å². The Labute approximate surface area is 150 Å². The lowest BCUT2D eigenvalue weighted by Gasteiger charge is -2.37. The summed E-state index contributed by atoms with van der Waals surface area (Å²) in [5.74, 6) is 1.32. The van der Waals surface area contributed by atoms with Crippen LogP contribution in [0.5, 0.6) is 5.75 Å². The fraction of sp³-hybridized carbons (Fsp3) is 0.619. The molecule has 1 rings (SSSR count). The minimum atomic E-state index is -1.76. The van der Waals surface area contributed by atoms with E-state index < -0.39 is 8.32 Å². The minimum absolute atomic E-state index is 0.221. The summed E-state index contributed by atoms with van der Waals surface area (Å²) >= 11 is 0. The van der Waals surface area contributed by atoms with E-state index in [0.717, 1.165) is 18.6 Å². The quantitative estimate of drug-likeness (QED) is 0.443. The highest BCUT2D eigenvalue weighted by molar-refractivity contribution is 6.74. The van der Waals surface area contributed by atoms with Crippen LogP contribution >= 0.6 is 0 Å². The normalized spacial score (nSPS) is 14.0. The van der Waals surface area contributed by atoms with Crippen LogP contribution in [-0.2, 0) is 10.8 Å². The highest BCUT2D eigenvalue weighted by Gasteiger charge is 2.37. The summed E-state index contributed by atoms with van der Waals surface area (Å²) in [6.07, 6.45) is 3.62. The Balaban J connectivity index is 3.01. The Morgan fingerprint density at radius 2 is 1.88 bits per heavy atom. The van der Waals surface area contributed by atoms with Crippen LogP contribution in [0.2, 0.25) is 18.1 Å². The predicted octanol–water partition coefficient (Wildman–Crippen LogP) is 6.27. The molecule has 0 aliphatic heterocycles. The highest BCUT2D eigenvalue weighted by Crippen LogP contribution is 2.38. The molecule has 0 heterocycles. The van der Waals surface area contributed by atoms with Gasteiger partial charge < -0.3 is 9.53 Å². The van der Waals surface area contributed by atoms with E-state index in [4.69, 9.17) is 4.43 Å². The van der Waals surface area contributed by atoms with E-state index in [9.17, 15) is 5.11 Å². The van der Waals surface area contributed by atoms with E-state index in [2.05, 4.69) is 60.4 Å². The number of phenolic OH excluding ortho intramolecular Hbond substituents is 1. The van der Waals surface area contributed by atoms with E-state index in [-0.39, 0.29) is 5.04 Å². The van der Waals surface area contributed by atoms with Crippen LogP contribution in [0.25, 0.3) is 0 Å². The molecule has 1 atom stereocenters. The van der Waals surface area contributed by atoms with Gasteiger partial charge in [-0.1, -0.05) is 52.8 Å². The summed E-state index contributed by atoms with van der Waals surface area (Å²) in [5.41, 5.74) is 2.21. The van der Waals surface area contributed by atoms with Crippen LogP contribution < -0.4 is 0 Å². The van der Waals surface area contributed by atoms with Crippen molar-refractivity contribution in [2.24, 2.45) is 5.92 Å². The molecule has 0 amide bonds. The van der Waals surface area contributed by atoms with Crippen LogP contribution in [0.3, 0.4) is 0 Å². The smallest absolute Gasteiger partial charge is 0.192 e. The van der Waals surface area contributed by atoms with Gasteiger partial charge in [0.25, 0.3) is 0 Å². The first-order valence-electron chi connectivity index (χ1n) is 9.04. The molecule has 0 spiro atoms. The fourth-order valence-electron chi connectivity index (χ4n) is 2.57. The van der Waals surface area contributed by atoms with E-state index in [1.165, 1.54) is 5.56 Å². The van der Waals surface area contributed by atoms with Gasteiger partial charge in [-0.3, -0.25) is 0 Å². The molecule has 24 heavy (non-hydrogen) atoms.